The van der Waals surface area contributed by atoms with Gasteiger partial charge in [-0.05, 0) is 79.9 Å². The molecule has 0 bridgehead atoms. The van der Waals surface area contributed by atoms with E-state index in [1.54, 1.807) is 11.1 Å². The average Bonchev–Trinajstić information content (AvgIpc) is 2.79. The fraction of sp³-hybridized carbons (Fsp3) is 0.667. The van der Waals surface area contributed by atoms with Crippen molar-refractivity contribution >= 4 is 15.8 Å². The van der Waals surface area contributed by atoms with Gasteiger partial charge in [-0.3, -0.25) is 0 Å². The first kappa shape index (κ1) is 31.8. The van der Waals surface area contributed by atoms with E-state index in [1.807, 2.05) is 0 Å². The van der Waals surface area contributed by atoms with Crippen LogP contribution in [0, 0.1) is 0 Å². The van der Waals surface area contributed by atoms with Crippen LogP contribution in [0.25, 0.3) is 0 Å². The van der Waals surface area contributed by atoms with Gasteiger partial charge in [-0.2, -0.15) is 0 Å². The van der Waals surface area contributed by atoms with Gasteiger partial charge in [0.2, 0.25) is 0 Å². The molecule has 0 amide bonds. The second-order valence-corrected chi connectivity index (χ2v) is 23.5. The summed E-state index contributed by atoms with van der Waals surface area (Å²) >= 11 is 0. The van der Waals surface area contributed by atoms with Crippen LogP contribution in [0.2, 0.25) is 0 Å². The summed E-state index contributed by atoms with van der Waals surface area (Å²) in [6.45, 7) is 29.2. The zero-order valence-electron chi connectivity index (χ0n) is 26.9. The maximum atomic E-state index is 2.48. The summed E-state index contributed by atoms with van der Waals surface area (Å²) in [6.07, 6.45) is 7.82. The van der Waals surface area contributed by atoms with Gasteiger partial charge in [0.05, 0.1) is 0 Å². The summed E-state index contributed by atoms with van der Waals surface area (Å²) in [5.74, 6) is 1.30. The summed E-state index contributed by atoms with van der Waals surface area (Å²) in [4.78, 5) is 0. The highest BCUT2D eigenvalue weighted by molar-refractivity contribution is 7.60. The van der Waals surface area contributed by atoms with Crippen molar-refractivity contribution in [1.82, 2.24) is 0 Å². The van der Waals surface area contributed by atoms with Crippen LogP contribution in [0.3, 0.4) is 0 Å². The van der Waals surface area contributed by atoms with Crippen LogP contribution < -0.4 is 0 Å². The first-order valence-corrected chi connectivity index (χ1v) is 18.2. The molecule has 0 radical (unpaired) electrons. The number of hydrogen-bond donors (Lipinski definition) is 0. The zero-order valence-corrected chi connectivity index (χ0v) is 28.7. The predicted octanol–water partition coefficient (Wildman–Crippen LogP) is 12.3. The van der Waals surface area contributed by atoms with E-state index in [1.165, 1.54) is 49.1 Å². The minimum atomic E-state index is -0.112. The molecule has 1 saturated carbocycles. The summed E-state index contributed by atoms with van der Waals surface area (Å²) < 4.78 is 0. The van der Waals surface area contributed by atoms with E-state index in [-0.39, 0.29) is 15.8 Å². The van der Waals surface area contributed by atoms with Crippen LogP contribution in [-0.2, 0) is 12.3 Å². The Balaban J connectivity index is 1.78. The van der Waals surface area contributed by atoms with Gasteiger partial charge in [0.1, 0.15) is 0 Å². The minimum absolute atomic E-state index is 0.112. The van der Waals surface area contributed by atoms with Crippen molar-refractivity contribution in [2.45, 2.75) is 154 Å². The van der Waals surface area contributed by atoms with Crippen LogP contribution >= 0.6 is 15.8 Å². The molecule has 2 unspecified atom stereocenters. The van der Waals surface area contributed by atoms with Crippen LogP contribution in [0.15, 0.2) is 48.5 Å². The fourth-order valence-corrected chi connectivity index (χ4v) is 14.1. The summed E-state index contributed by atoms with van der Waals surface area (Å²) in [5.41, 5.74) is 6.16. The van der Waals surface area contributed by atoms with Crippen molar-refractivity contribution in [2.75, 3.05) is 0 Å². The molecule has 1 aliphatic carbocycles. The Bertz CT molecular complexity index is 890. The molecule has 2 aromatic carbocycles. The molecule has 2 aromatic rings. The molecule has 0 N–H and O–H groups in total. The molecule has 0 nitrogen and oxygen atoms in total. The zero-order chi connectivity index (χ0) is 28.5. The Morgan fingerprint density at radius 3 is 0.974 bits per heavy atom. The van der Waals surface area contributed by atoms with Crippen molar-refractivity contribution in [3.05, 3.63) is 70.8 Å². The highest BCUT2D eigenvalue weighted by atomic mass is 31.1. The Kier molecular flexibility index (Phi) is 10.1. The molecular weight excluding hydrogens is 494 g/mol. The Morgan fingerprint density at radius 1 is 0.474 bits per heavy atom. The van der Waals surface area contributed by atoms with Crippen LogP contribution in [-0.4, -0.2) is 20.6 Å². The quantitative estimate of drug-likeness (QED) is 0.313. The van der Waals surface area contributed by atoms with Crippen molar-refractivity contribution in [3.63, 3.8) is 0 Å². The van der Waals surface area contributed by atoms with Gasteiger partial charge in [0, 0.05) is 0 Å². The lowest BCUT2D eigenvalue weighted by Crippen LogP contribution is -2.25. The minimum Gasteiger partial charge on any atom is -0.0911 e. The Hall–Kier alpha value is -0.700. The van der Waals surface area contributed by atoms with Crippen LogP contribution in [0.4, 0.5) is 0 Å². The highest BCUT2D eigenvalue weighted by Gasteiger charge is 2.35. The lowest BCUT2D eigenvalue weighted by atomic mass is 9.72. The van der Waals surface area contributed by atoms with Crippen molar-refractivity contribution < 1.29 is 0 Å². The fourth-order valence-electron chi connectivity index (χ4n) is 7.00. The maximum Gasteiger partial charge on any atom is -0.00637 e. The van der Waals surface area contributed by atoms with Gasteiger partial charge in [-0.1, -0.05) is 160 Å². The van der Waals surface area contributed by atoms with Gasteiger partial charge in [-0.15, -0.1) is 0 Å². The lowest BCUT2D eigenvalue weighted by molar-refractivity contribution is 0.386. The number of hydrogen-bond acceptors (Lipinski definition) is 0. The van der Waals surface area contributed by atoms with Gasteiger partial charge in [-0.25, -0.2) is 0 Å². The highest BCUT2D eigenvalue weighted by Crippen LogP contribution is 2.62. The molecule has 0 aromatic heterocycles. The molecule has 2 atom stereocenters. The third-order valence-electron chi connectivity index (χ3n) is 8.50. The Morgan fingerprint density at radius 2 is 0.737 bits per heavy atom. The van der Waals surface area contributed by atoms with Crippen LogP contribution in [0.5, 0.6) is 0 Å². The second-order valence-electron chi connectivity index (χ2n) is 15.8. The topological polar surface area (TPSA) is 0 Å². The first-order valence-electron chi connectivity index (χ1n) is 15.1. The van der Waals surface area contributed by atoms with Gasteiger partial charge >= 0.3 is 0 Å². The molecule has 212 valence electrons. The lowest BCUT2D eigenvalue weighted by Gasteiger charge is -2.42. The van der Waals surface area contributed by atoms with Gasteiger partial charge in [0.15, 0.2) is 0 Å². The standard InChI is InChI=1S/C36H58P2/c1-33(2,3)37(34(4,5)6)25-27-17-21-29(22-18-27)31-15-13-14-16-32(31)30-23-19-28(20-24-30)26-38(35(7,8)9)36(10,11)12/h17-24,31-32H,13-16,25-26H2,1-12H3. The number of rotatable bonds is 6. The molecule has 2 heteroatoms. The molecule has 0 saturated heterocycles. The molecule has 0 aliphatic heterocycles. The maximum absolute atomic E-state index is 2.48. The summed E-state index contributed by atoms with van der Waals surface area (Å²) in [6, 6.07) is 19.7. The Labute approximate surface area is 239 Å². The molecule has 1 fully saturated rings. The number of benzene rings is 2. The smallest absolute Gasteiger partial charge is 0.00637 e. The van der Waals surface area contributed by atoms with E-state index in [0.29, 0.717) is 32.5 Å². The van der Waals surface area contributed by atoms with E-state index in [9.17, 15) is 0 Å². The third-order valence-corrected chi connectivity index (χ3v) is 16.3. The molecule has 0 heterocycles. The summed E-state index contributed by atoms with van der Waals surface area (Å²) in [5, 5.41) is 1.48. The average molecular weight is 553 g/mol. The van der Waals surface area contributed by atoms with Crippen molar-refractivity contribution in [1.29, 1.82) is 0 Å². The van der Waals surface area contributed by atoms with E-state index in [2.05, 4.69) is 132 Å². The molecule has 1 aliphatic rings. The molecular formula is C36H58P2. The van der Waals surface area contributed by atoms with Gasteiger partial charge in [0.25, 0.3) is 0 Å². The SMILES string of the molecule is CC(C)(C)P(Cc1ccc(C2CCCCC2c2ccc(CP(C(C)(C)C)C(C)(C)C)cc2)cc1)C(C)(C)C. The van der Waals surface area contributed by atoms with E-state index >= 15 is 0 Å². The van der Waals surface area contributed by atoms with E-state index < -0.39 is 0 Å². The third kappa shape index (κ3) is 8.40. The molecule has 3 rings (SSSR count). The van der Waals surface area contributed by atoms with Crippen molar-refractivity contribution in [3.8, 4) is 0 Å². The monoisotopic (exact) mass is 552 g/mol. The van der Waals surface area contributed by atoms with E-state index in [4.69, 9.17) is 0 Å². The van der Waals surface area contributed by atoms with Crippen molar-refractivity contribution in [2.24, 2.45) is 0 Å². The van der Waals surface area contributed by atoms with E-state index in [0.717, 1.165) is 0 Å². The molecule has 0 spiro atoms. The van der Waals surface area contributed by atoms with Gasteiger partial charge < -0.3 is 0 Å². The normalized spacial score (nSPS) is 19.8. The van der Waals surface area contributed by atoms with Crippen LogP contribution in [0.1, 0.15) is 143 Å². The molecule has 38 heavy (non-hydrogen) atoms. The summed E-state index contributed by atoms with van der Waals surface area (Å²) in [7, 11) is -0.223. The largest absolute Gasteiger partial charge is 0.0911 e. The first-order chi connectivity index (χ1) is 17.4. The predicted molar refractivity (Wildman–Crippen MR) is 177 cm³/mol. The second kappa shape index (κ2) is 12.0.